The van der Waals surface area contributed by atoms with E-state index in [1.807, 2.05) is 66.2 Å². The number of carbonyl (C=O) groups excluding carboxylic acids is 3. The van der Waals surface area contributed by atoms with Gasteiger partial charge in [-0.1, -0.05) is 47.5 Å². The molecule has 0 fully saturated rings. The first kappa shape index (κ1) is 48.7. The number of nitrogens with two attached hydrogens (primary N) is 1. The summed E-state index contributed by atoms with van der Waals surface area (Å²) < 4.78 is 76.2. The predicted molar refractivity (Wildman–Crippen MR) is 227 cm³/mol. The molecule has 63 heavy (non-hydrogen) atoms. The highest BCUT2D eigenvalue weighted by Gasteiger charge is 2.34. The van der Waals surface area contributed by atoms with Gasteiger partial charge >= 0.3 is 18.3 Å². The van der Waals surface area contributed by atoms with Crippen LogP contribution in [0.15, 0.2) is 134 Å². The van der Waals surface area contributed by atoms with Crippen LogP contribution < -0.4 is 21.7 Å². The number of carboxylic acids is 1. The zero-order chi connectivity index (χ0) is 46.2. The number of carbonyl (C=O) groups is 4. The van der Waals surface area contributed by atoms with E-state index in [9.17, 15) is 45.5 Å². The minimum absolute atomic E-state index is 0.102. The number of alkyl halides is 6. The summed E-state index contributed by atoms with van der Waals surface area (Å²) in [5, 5.41) is 14.2. The molecule has 6 N–H and O–H groups in total. The van der Waals surface area contributed by atoms with Crippen molar-refractivity contribution >= 4 is 69.6 Å². The number of aliphatic carboxylic acids is 1. The van der Waals surface area contributed by atoms with Crippen molar-refractivity contribution < 1.29 is 50.6 Å². The Bertz CT molecular complexity index is 2480. The highest BCUT2D eigenvalue weighted by atomic mass is 35.5. The average Bonchev–Trinajstić information content (AvgIpc) is 3.21. The first-order valence-corrected chi connectivity index (χ1v) is 19.1. The molecule has 0 unspecified atom stereocenters. The number of nitrogens with zero attached hydrogens (tertiary/aromatic N) is 2. The second-order valence-corrected chi connectivity index (χ2v) is 14.1. The molecule has 0 saturated heterocycles. The fraction of sp³-hybridized carbons (Fsp3) is 0.136. The van der Waals surface area contributed by atoms with Gasteiger partial charge in [-0.15, -0.1) is 0 Å². The van der Waals surface area contributed by atoms with E-state index in [2.05, 4.69) is 32.7 Å². The SMILES string of the molecule is Nc1ccc(Cc2ccncc2)cc1.O=C(CC(=O)Nc1ccc(Cl)c(C(F)(F)F)c1)Nc1ccc(Cc2ccncc2)cc1.O=C(O)CC(=O)Nc1ccc(Cl)c(C(F)(F)F)c1. The minimum atomic E-state index is -4.65. The molecule has 6 rings (SSSR count). The summed E-state index contributed by atoms with van der Waals surface area (Å²) >= 11 is 10.9. The van der Waals surface area contributed by atoms with Crippen molar-refractivity contribution in [2.75, 3.05) is 21.7 Å². The van der Waals surface area contributed by atoms with Crippen LogP contribution in [0.5, 0.6) is 0 Å². The lowest BCUT2D eigenvalue weighted by Crippen LogP contribution is -2.21. The summed E-state index contributed by atoms with van der Waals surface area (Å²) in [6, 6.07) is 28.7. The van der Waals surface area contributed by atoms with Gasteiger partial charge in [0.05, 0.1) is 21.2 Å². The van der Waals surface area contributed by atoms with E-state index in [1.165, 1.54) is 17.2 Å². The third-order valence-electron chi connectivity index (χ3n) is 8.28. The maximum atomic E-state index is 12.9. The molecule has 0 spiro atoms. The van der Waals surface area contributed by atoms with Gasteiger partial charge in [0.25, 0.3) is 0 Å². The molecule has 2 aromatic heterocycles. The molecule has 19 heteroatoms. The summed E-state index contributed by atoms with van der Waals surface area (Å²) in [6.45, 7) is 0. The van der Waals surface area contributed by atoms with Crippen LogP contribution in [-0.2, 0) is 44.4 Å². The number of benzene rings is 4. The van der Waals surface area contributed by atoms with Crippen molar-refractivity contribution in [2.24, 2.45) is 0 Å². The summed E-state index contributed by atoms with van der Waals surface area (Å²) in [6.07, 6.45) is -2.00. The predicted octanol–water partition coefficient (Wildman–Crippen LogP) is 10.3. The van der Waals surface area contributed by atoms with E-state index in [0.717, 1.165) is 47.5 Å². The molecule has 4 aromatic carbocycles. The molecule has 0 saturated carbocycles. The van der Waals surface area contributed by atoms with Crippen LogP contribution in [0.4, 0.5) is 49.1 Å². The lowest BCUT2D eigenvalue weighted by molar-refractivity contribution is -0.140. The van der Waals surface area contributed by atoms with Crippen LogP contribution in [0.1, 0.15) is 46.2 Å². The van der Waals surface area contributed by atoms with Gasteiger partial charge < -0.3 is 26.8 Å². The number of hydrogen-bond donors (Lipinski definition) is 5. The zero-order valence-electron chi connectivity index (χ0n) is 32.6. The van der Waals surface area contributed by atoms with Gasteiger partial charge in [-0.05, 0) is 120 Å². The summed E-state index contributed by atoms with van der Waals surface area (Å²) in [4.78, 5) is 53.3. The molecular weight excluding hydrogens is 877 g/mol. The Balaban J connectivity index is 0.000000229. The standard InChI is InChI=1S/C22H17ClF3N3O2.C12H12N2.C10H7ClF3NO3/c23-19-6-5-17(12-18(19)22(24,25)26)29-21(31)13-20(30)28-16-3-1-14(2-4-16)11-15-7-9-27-10-8-15;13-12-3-1-10(2-4-12)9-11-5-7-14-8-6-11;11-7-2-1-5(3-6(7)10(12,13)14)15-8(16)4-9(17)18/h1-10,12H,11,13H2,(H,28,30)(H,29,31);1-8H,9,13H2;1-3H,4H2,(H,15,16)(H,17,18). The topological polar surface area (TPSA) is 176 Å². The van der Waals surface area contributed by atoms with Crippen molar-refractivity contribution in [1.82, 2.24) is 9.97 Å². The number of aromatic nitrogens is 2. The third-order valence-corrected chi connectivity index (χ3v) is 8.94. The molecule has 0 radical (unpaired) electrons. The molecule has 11 nitrogen and oxygen atoms in total. The average molecular weight is 914 g/mol. The van der Waals surface area contributed by atoms with E-state index < -0.39 is 70.1 Å². The Morgan fingerprint density at radius 3 is 1.22 bits per heavy atom. The zero-order valence-corrected chi connectivity index (χ0v) is 34.1. The van der Waals surface area contributed by atoms with Gasteiger partial charge in [-0.2, -0.15) is 26.3 Å². The maximum Gasteiger partial charge on any atom is 0.417 e. The molecule has 2 heterocycles. The number of pyridine rings is 2. The van der Waals surface area contributed by atoms with Crippen LogP contribution in [0.2, 0.25) is 10.0 Å². The second-order valence-electron chi connectivity index (χ2n) is 13.3. The van der Waals surface area contributed by atoms with Crippen LogP contribution in [-0.4, -0.2) is 38.8 Å². The summed E-state index contributed by atoms with van der Waals surface area (Å²) in [5.41, 5.74) is 9.15. The summed E-state index contributed by atoms with van der Waals surface area (Å²) in [7, 11) is 0. The van der Waals surface area contributed by atoms with Gasteiger partial charge in [0, 0.05) is 47.5 Å². The van der Waals surface area contributed by atoms with Crippen LogP contribution >= 0.6 is 23.2 Å². The Kier molecular flexibility index (Phi) is 17.6. The Labute approximate surface area is 366 Å². The van der Waals surface area contributed by atoms with Gasteiger partial charge in [-0.3, -0.25) is 29.1 Å². The Morgan fingerprint density at radius 1 is 0.508 bits per heavy atom. The van der Waals surface area contributed by atoms with Crippen molar-refractivity contribution in [3.05, 3.63) is 177 Å². The highest BCUT2D eigenvalue weighted by Crippen LogP contribution is 2.37. The van der Waals surface area contributed by atoms with E-state index in [0.29, 0.717) is 18.2 Å². The largest absolute Gasteiger partial charge is 0.481 e. The maximum absolute atomic E-state index is 12.9. The number of anilines is 4. The van der Waals surface area contributed by atoms with Crippen LogP contribution in [0.25, 0.3) is 0 Å². The van der Waals surface area contributed by atoms with Crippen LogP contribution in [0.3, 0.4) is 0 Å². The third kappa shape index (κ3) is 17.1. The second kappa shape index (κ2) is 22.7. The van der Waals surface area contributed by atoms with Crippen molar-refractivity contribution in [3.63, 3.8) is 0 Å². The lowest BCUT2D eigenvalue weighted by atomic mass is 10.1. The molecule has 0 aliphatic rings. The van der Waals surface area contributed by atoms with E-state index in [-0.39, 0.29) is 11.4 Å². The normalized spacial score (nSPS) is 10.9. The molecule has 3 amide bonds. The molecule has 6 aromatic rings. The van der Waals surface area contributed by atoms with Gasteiger partial charge in [0.15, 0.2) is 0 Å². The molecule has 0 aliphatic carbocycles. The van der Waals surface area contributed by atoms with E-state index >= 15 is 0 Å². The number of halogens is 8. The first-order valence-electron chi connectivity index (χ1n) is 18.3. The molecule has 328 valence electrons. The minimum Gasteiger partial charge on any atom is -0.481 e. The lowest BCUT2D eigenvalue weighted by Gasteiger charge is -2.12. The van der Waals surface area contributed by atoms with Gasteiger partial charge in [0.2, 0.25) is 17.7 Å². The fourth-order valence-electron chi connectivity index (χ4n) is 5.35. The van der Waals surface area contributed by atoms with E-state index in [4.69, 9.17) is 34.0 Å². The van der Waals surface area contributed by atoms with Crippen molar-refractivity contribution in [3.8, 4) is 0 Å². The van der Waals surface area contributed by atoms with Gasteiger partial charge in [0.1, 0.15) is 12.8 Å². The number of hydrogen-bond acceptors (Lipinski definition) is 7. The van der Waals surface area contributed by atoms with Crippen molar-refractivity contribution in [1.29, 1.82) is 0 Å². The summed E-state index contributed by atoms with van der Waals surface area (Å²) in [5.74, 6) is -3.64. The Hall–Kier alpha value is -6.98. The molecule has 0 bridgehead atoms. The quantitative estimate of drug-likeness (QED) is 0.0485. The Morgan fingerprint density at radius 2 is 0.841 bits per heavy atom. The number of carboxylic acid groups (broad SMARTS) is 1. The molecular formula is C44H36Cl2F6N6O5. The fourth-order valence-corrected chi connectivity index (χ4v) is 5.80. The van der Waals surface area contributed by atoms with Crippen LogP contribution in [0, 0.1) is 0 Å². The van der Waals surface area contributed by atoms with E-state index in [1.54, 1.807) is 24.5 Å². The monoisotopic (exact) mass is 912 g/mol. The smallest absolute Gasteiger partial charge is 0.417 e. The molecule has 0 aliphatic heterocycles. The number of nitrogens with one attached hydrogen (secondary N) is 3. The highest BCUT2D eigenvalue weighted by molar-refractivity contribution is 6.32. The number of rotatable bonds is 11. The first-order chi connectivity index (χ1) is 29.7. The number of nitrogen functional groups attached to an aromatic ring is 1. The number of amides is 3. The van der Waals surface area contributed by atoms with Gasteiger partial charge in [-0.25, -0.2) is 0 Å². The van der Waals surface area contributed by atoms with Crippen molar-refractivity contribution in [2.45, 2.75) is 38.0 Å². The molecule has 0 atom stereocenters.